The van der Waals surface area contributed by atoms with E-state index in [2.05, 4.69) is 32.3 Å². The molecule has 0 spiro atoms. The van der Waals surface area contributed by atoms with E-state index in [9.17, 15) is 9.59 Å². The number of amides is 2. The zero-order chi connectivity index (χ0) is 27.4. The summed E-state index contributed by atoms with van der Waals surface area (Å²) in [5.41, 5.74) is 1.88. The van der Waals surface area contributed by atoms with Crippen LogP contribution in [0.25, 0.3) is 0 Å². The van der Waals surface area contributed by atoms with Crippen LogP contribution in [0.3, 0.4) is 0 Å². The topological polar surface area (TPSA) is 128 Å². The van der Waals surface area contributed by atoms with Gasteiger partial charge in [0.05, 0.1) is 5.76 Å². The quantitative estimate of drug-likeness (QED) is 0.247. The summed E-state index contributed by atoms with van der Waals surface area (Å²) in [6, 6.07) is 11.5. The number of allylic oxidation sites excluding steroid dienone is 1. The highest BCUT2D eigenvalue weighted by Crippen LogP contribution is 2.40. The van der Waals surface area contributed by atoms with Crippen LogP contribution in [0, 0.1) is 0 Å². The molecule has 1 aromatic carbocycles. The molecule has 11 nitrogen and oxygen atoms in total. The van der Waals surface area contributed by atoms with E-state index in [1.807, 2.05) is 43.3 Å². The predicted octanol–water partition coefficient (Wildman–Crippen LogP) is 5.11. The normalized spacial score (nSPS) is 15.1. The summed E-state index contributed by atoms with van der Waals surface area (Å²) < 4.78 is 5.16. The van der Waals surface area contributed by atoms with Crippen molar-refractivity contribution >= 4 is 46.9 Å². The standard InChI is InChI=1S/C27H32N8O3S/c1-4-25(36)28-19-7-9-20(10-8-19)39-26-30-22(29-23-15-21(32-33-23)18-5-6-18)16-24(31-26)34-11-13-35(14-12-34)27(37)38-17(2)3/h7-10,15-16,18H,2,4-6,11-14H2,1,3H3,(H,28,36)(H2,29,30,31,32,33). The lowest BCUT2D eigenvalue weighted by atomic mass is 10.3. The molecule has 2 amide bonds. The van der Waals surface area contributed by atoms with Crippen molar-refractivity contribution in [3.8, 4) is 0 Å². The summed E-state index contributed by atoms with van der Waals surface area (Å²) in [6.45, 7) is 9.35. The van der Waals surface area contributed by atoms with Gasteiger partial charge in [-0.25, -0.2) is 14.8 Å². The summed E-state index contributed by atoms with van der Waals surface area (Å²) in [7, 11) is 0. The average Bonchev–Trinajstić information content (AvgIpc) is 3.68. The minimum atomic E-state index is -0.382. The van der Waals surface area contributed by atoms with Crippen molar-refractivity contribution in [3.63, 3.8) is 0 Å². The van der Waals surface area contributed by atoms with Gasteiger partial charge < -0.3 is 25.2 Å². The highest BCUT2D eigenvalue weighted by Gasteiger charge is 2.26. The lowest BCUT2D eigenvalue weighted by molar-refractivity contribution is -0.115. The number of benzene rings is 1. The first-order chi connectivity index (χ1) is 18.9. The SMILES string of the molecule is C=C(C)OC(=O)N1CCN(c2cc(Nc3cc(C4CC4)[nH]n3)nc(Sc3ccc(NC(=O)CC)cc3)n2)CC1. The van der Waals surface area contributed by atoms with Gasteiger partial charge in [-0.1, -0.05) is 13.5 Å². The molecule has 2 aromatic heterocycles. The third-order valence-corrected chi connectivity index (χ3v) is 7.23. The van der Waals surface area contributed by atoms with Crippen molar-refractivity contribution in [1.29, 1.82) is 0 Å². The van der Waals surface area contributed by atoms with Gasteiger partial charge in [0.25, 0.3) is 0 Å². The van der Waals surface area contributed by atoms with Gasteiger partial charge in [-0.3, -0.25) is 9.89 Å². The second-order valence-corrected chi connectivity index (χ2v) is 10.6. The number of rotatable bonds is 9. The maximum atomic E-state index is 12.3. The number of hydrogen-bond acceptors (Lipinski definition) is 9. The summed E-state index contributed by atoms with van der Waals surface area (Å²) in [5, 5.41) is 14.3. The molecule has 5 rings (SSSR count). The highest BCUT2D eigenvalue weighted by atomic mass is 32.2. The van der Waals surface area contributed by atoms with Crippen LogP contribution < -0.4 is 15.5 Å². The number of hydrogen-bond donors (Lipinski definition) is 3. The van der Waals surface area contributed by atoms with Gasteiger partial charge in [-0.2, -0.15) is 5.10 Å². The lowest BCUT2D eigenvalue weighted by Gasteiger charge is -2.34. The molecule has 0 radical (unpaired) electrons. The average molecular weight is 549 g/mol. The number of aromatic nitrogens is 4. The summed E-state index contributed by atoms with van der Waals surface area (Å²) in [5.74, 6) is 3.01. The number of nitrogens with one attached hydrogen (secondary N) is 3. The zero-order valence-electron chi connectivity index (χ0n) is 22.1. The Morgan fingerprint density at radius 3 is 2.51 bits per heavy atom. The minimum absolute atomic E-state index is 0.0293. The molecule has 0 atom stereocenters. The van der Waals surface area contributed by atoms with E-state index in [-0.39, 0.29) is 12.0 Å². The van der Waals surface area contributed by atoms with Crippen molar-refractivity contribution in [2.45, 2.75) is 49.1 Å². The molecule has 0 bridgehead atoms. The molecular formula is C27H32N8O3S. The smallest absolute Gasteiger partial charge is 0.414 e. The fourth-order valence-corrected chi connectivity index (χ4v) is 4.88. The molecule has 1 saturated carbocycles. The Morgan fingerprint density at radius 1 is 1.10 bits per heavy atom. The van der Waals surface area contributed by atoms with E-state index in [4.69, 9.17) is 14.7 Å². The summed E-state index contributed by atoms with van der Waals surface area (Å²) in [4.78, 5) is 38.3. The first kappa shape index (κ1) is 26.5. The molecule has 2 fully saturated rings. The third kappa shape index (κ3) is 7.08. The summed E-state index contributed by atoms with van der Waals surface area (Å²) in [6.07, 6.45) is 2.42. The van der Waals surface area contributed by atoms with Gasteiger partial charge in [0.2, 0.25) is 5.91 Å². The van der Waals surface area contributed by atoms with Crippen molar-refractivity contribution < 1.29 is 14.3 Å². The van der Waals surface area contributed by atoms with Gasteiger partial charge in [0.1, 0.15) is 11.6 Å². The van der Waals surface area contributed by atoms with Crippen LogP contribution in [0.15, 0.2) is 58.8 Å². The Morgan fingerprint density at radius 2 is 1.85 bits per heavy atom. The molecule has 3 N–H and O–H groups in total. The molecule has 1 aliphatic carbocycles. The molecular weight excluding hydrogens is 516 g/mol. The lowest BCUT2D eigenvalue weighted by Crippen LogP contribution is -2.49. The molecule has 3 heterocycles. The predicted molar refractivity (Wildman–Crippen MR) is 150 cm³/mol. The molecule has 1 saturated heterocycles. The minimum Gasteiger partial charge on any atom is -0.416 e. The van der Waals surface area contributed by atoms with Crippen molar-refractivity contribution in [2.75, 3.05) is 41.7 Å². The molecule has 204 valence electrons. The van der Waals surface area contributed by atoms with E-state index in [0.29, 0.717) is 61.1 Å². The van der Waals surface area contributed by atoms with E-state index < -0.39 is 0 Å². The van der Waals surface area contributed by atoms with Crippen LogP contribution in [0.4, 0.5) is 27.9 Å². The Hall–Kier alpha value is -4.06. The van der Waals surface area contributed by atoms with Crippen LogP contribution in [0.2, 0.25) is 0 Å². The van der Waals surface area contributed by atoms with Crippen LogP contribution in [-0.4, -0.2) is 63.2 Å². The van der Waals surface area contributed by atoms with Crippen LogP contribution in [0.1, 0.15) is 44.7 Å². The molecule has 0 unspecified atom stereocenters. The number of nitrogens with zero attached hydrogens (tertiary/aromatic N) is 5. The number of H-pyrrole nitrogens is 1. The van der Waals surface area contributed by atoms with Crippen molar-refractivity contribution in [3.05, 3.63) is 54.4 Å². The Kier molecular flexibility index (Phi) is 8.01. The van der Waals surface area contributed by atoms with E-state index in [1.54, 1.807) is 11.8 Å². The van der Waals surface area contributed by atoms with Crippen LogP contribution in [0.5, 0.6) is 0 Å². The zero-order valence-corrected chi connectivity index (χ0v) is 22.9. The third-order valence-electron chi connectivity index (χ3n) is 6.35. The van der Waals surface area contributed by atoms with Crippen LogP contribution in [-0.2, 0) is 9.53 Å². The van der Waals surface area contributed by atoms with Gasteiger partial charge in [0, 0.05) is 66.9 Å². The monoisotopic (exact) mass is 548 g/mol. The Balaban J connectivity index is 1.33. The van der Waals surface area contributed by atoms with Gasteiger partial charge in [0.15, 0.2) is 11.0 Å². The first-order valence-corrected chi connectivity index (χ1v) is 13.8. The number of anilines is 4. The molecule has 2 aliphatic rings. The fourth-order valence-electron chi connectivity index (χ4n) is 4.11. The van der Waals surface area contributed by atoms with E-state index in [0.717, 1.165) is 22.1 Å². The highest BCUT2D eigenvalue weighted by molar-refractivity contribution is 7.99. The number of carbonyl (C=O) groups excluding carboxylic acids is 2. The van der Waals surface area contributed by atoms with Crippen molar-refractivity contribution in [2.24, 2.45) is 0 Å². The second kappa shape index (κ2) is 11.8. The van der Waals surface area contributed by atoms with E-state index in [1.165, 1.54) is 24.6 Å². The number of carbonyl (C=O) groups is 2. The number of aromatic amines is 1. The first-order valence-electron chi connectivity index (χ1n) is 13.0. The van der Waals surface area contributed by atoms with Crippen LogP contribution >= 0.6 is 11.8 Å². The second-order valence-electron chi connectivity index (χ2n) is 9.57. The largest absolute Gasteiger partial charge is 0.416 e. The Labute approximate surface area is 231 Å². The van der Waals surface area contributed by atoms with Gasteiger partial charge in [-0.05, 0) is 55.8 Å². The van der Waals surface area contributed by atoms with Crippen molar-refractivity contribution in [1.82, 2.24) is 25.1 Å². The van der Waals surface area contributed by atoms with E-state index >= 15 is 0 Å². The summed E-state index contributed by atoms with van der Waals surface area (Å²) >= 11 is 1.43. The fraction of sp³-hybridized carbons (Fsp3) is 0.370. The molecule has 39 heavy (non-hydrogen) atoms. The molecule has 12 heteroatoms. The number of ether oxygens (including phenoxy) is 1. The maximum absolute atomic E-state index is 12.3. The maximum Gasteiger partial charge on any atom is 0.414 e. The number of piperazine rings is 1. The van der Waals surface area contributed by atoms with Gasteiger partial charge in [-0.15, -0.1) is 0 Å². The Bertz CT molecular complexity index is 1350. The van der Waals surface area contributed by atoms with Gasteiger partial charge >= 0.3 is 6.09 Å². The molecule has 3 aromatic rings. The molecule has 1 aliphatic heterocycles.